The number of allylic oxidation sites excluding steroid dienone is 1. The van der Waals surface area contributed by atoms with Crippen LogP contribution >= 0.6 is 11.8 Å². The Morgan fingerprint density at radius 3 is 2.80 bits per heavy atom. The van der Waals surface area contributed by atoms with Crippen LogP contribution in [0.15, 0.2) is 10.5 Å². The van der Waals surface area contributed by atoms with Crippen molar-refractivity contribution in [3.8, 4) is 0 Å². The molecular weight excluding hydrogens is 216 g/mol. The van der Waals surface area contributed by atoms with Gasteiger partial charge < -0.3 is 9.84 Å². The molecule has 1 heterocycles. The van der Waals surface area contributed by atoms with Gasteiger partial charge in [0.1, 0.15) is 0 Å². The summed E-state index contributed by atoms with van der Waals surface area (Å²) in [7, 11) is 0. The van der Waals surface area contributed by atoms with Crippen LogP contribution < -0.4 is 0 Å². The van der Waals surface area contributed by atoms with E-state index < -0.39 is 5.97 Å². The van der Waals surface area contributed by atoms with Crippen LogP contribution in [0, 0.1) is 5.92 Å². The summed E-state index contributed by atoms with van der Waals surface area (Å²) in [5.74, 6) is -0.934. The lowest BCUT2D eigenvalue weighted by Gasteiger charge is -2.21. The van der Waals surface area contributed by atoms with Gasteiger partial charge in [-0.1, -0.05) is 0 Å². The fourth-order valence-electron chi connectivity index (χ4n) is 1.41. The van der Waals surface area contributed by atoms with Crippen molar-refractivity contribution < 1.29 is 19.4 Å². The topological polar surface area (TPSA) is 63.6 Å². The van der Waals surface area contributed by atoms with Crippen LogP contribution in [0.5, 0.6) is 0 Å². The maximum atomic E-state index is 11.4. The van der Waals surface area contributed by atoms with Gasteiger partial charge >= 0.3 is 11.9 Å². The minimum Gasteiger partial charge on any atom is -0.478 e. The van der Waals surface area contributed by atoms with Crippen molar-refractivity contribution in [2.45, 2.75) is 20.3 Å². The van der Waals surface area contributed by atoms with E-state index in [9.17, 15) is 9.59 Å². The lowest BCUT2D eigenvalue weighted by molar-refractivity contribution is -0.147. The largest absolute Gasteiger partial charge is 0.478 e. The number of esters is 1. The highest BCUT2D eigenvalue weighted by molar-refractivity contribution is 8.03. The zero-order valence-corrected chi connectivity index (χ0v) is 9.60. The van der Waals surface area contributed by atoms with Gasteiger partial charge in [0.2, 0.25) is 0 Å². The van der Waals surface area contributed by atoms with Gasteiger partial charge in [0.25, 0.3) is 0 Å². The molecule has 0 saturated carbocycles. The number of ether oxygens (including phenoxy) is 1. The average molecular weight is 230 g/mol. The second-order valence-corrected chi connectivity index (χ2v) is 4.54. The minimum atomic E-state index is -0.936. The van der Waals surface area contributed by atoms with E-state index in [4.69, 9.17) is 9.84 Å². The first-order chi connectivity index (χ1) is 7.06. The molecule has 0 unspecified atom stereocenters. The highest BCUT2D eigenvalue weighted by atomic mass is 32.2. The summed E-state index contributed by atoms with van der Waals surface area (Å²) in [5, 5.41) is 8.91. The zero-order chi connectivity index (χ0) is 11.4. The molecule has 1 aliphatic heterocycles. The Bertz CT molecular complexity index is 309. The van der Waals surface area contributed by atoms with Crippen molar-refractivity contribution in [2.75, 3.05) is 12.4 Å². The number of carboxylic acid groups (broad SMARTS) is 1. The molecule has 15 heavy (non-hydrogen) atoms. The second-order valence-electron chi connectivity index (χ2n) is 3.30. The molecule has 0 aromatic rings. The zero-order valence-electron chi connectivity index (χ0n) is 8.78. The van der Waals surface area contributed by atoms with Gasteiger partial charge in [-0.2, -0.15) is 0 Å². The van der Waals surface area contributed by atoms with Gasteiger partial charge in [-0.05, 0) is 25.2 Å². The van der Waals surface area contributed by atoms with Gasteiger partial charge in [-0.25, -0.2) is 4.79 Å². The molecule has 0 aromatic carbocycles. The predicted octanol–water partition coefficient (Wildman–Crippen LogP) is 1.66. The number of aliphatic carboxylic acids is 1. The SMILES string of the molecule is CCOC(=O)[C@@H]1CSC(C)=C(C(=O)O)C1. The third-order valence-corrected chi connectivity index (χ3v) is 3.50. The first-order valence-corrected chi connectivity index (χ1v) is 5.77. The Labute approximate surface area is 92.7 Å². The van der Waals surface area contributed by atoms with Gasteiger partial charge in [0, 0.05) is 11.3 Å². The number of thioether (sulfide) groups is 1. The van der Waals surface area contributed by atoms with Gasteiger partial charge in [0.15, 0.2) is 0 Å². The third-order valence-electron chi connectivity index (χ3n) is 2.25. The van der Waals surface area contributed by atoms with Gasteiger partial charge in [-0.3, -0.25) is 4.79 Å². The number of hydrogen-bond donors (Lipinski definition) is 1. The highest BCUT2D eigenvalue weighted by Gasteiger charge is 2.29. The average Bonchev–Trinajstić information content (AvgIpc) is 2.18. The lowest BCUT2D eigenvalue weighted by atomic mass is 10.0. The Morgan fingerprint density at radius 2 is 2.27 bits per heavy atom. The van der Waals surface area contributed by atoms with Crippen LogP contribution in [-0.2, 0) is 14.3 Å². The molecule has 0 aromatic heterocycles. The molecule has 0 bridgehead atoms. The Hall–Kier alpha value is -0.970. The summed E-state index contributed by atoms with van der Waals surface area (Å²) in [5.41, 5.74) is 0.337. The summed E-state index contributed by atoms with van der Waals surface area (Å²) >= 11 is 1.41. The Morgan fingerprint density at radius 1 is 1.60 bits per heavy atom. The molecule has 0 spiro atoms. The summed E-state index contributed by atoms with van der Waals surface area (Å²) in [6.45, 7) is 3.85. The molecule has 1 aliphatic rings. The van der Waals surface area contributed by atoms with E-state index in [1.807, 2.05) is 0 Å². The lowest BCUT2D eigenvalue weighted by Crippen LogP contribution is -2.25. The van der Waals surface area contributed by atoms with Crippen LogP contribution in [0.3, 0.4) is 0 Å². The third kappa shape index (κ3) is 2.99. The van der Waals surface area contributed by atoms with Crippen LogP contribution in [-0.4, -0.2) is 29.4 Å². The van der Waals surface area contributed by atoms with E-state index in [2.05, 4.69) is 0 Å². The molecule has 5 heteroatoms. The molecular formula is C10H14O4S. The van der Waals surface area contributed by atoms with Crippen molar-refractivity contribution in [3.63, 3.8) is 0 Å². The van der Waals surface area contributed by atoms with E-state index in [-0.39, 0.29) is 18.3 Å². The summed E-state index contributed by atoms with van der Waals surface area (Å²) in [6.07, 6.45) is 0.285. The van der Waals surface area contributed by atoms with E-state index >= 15 is 0 Å². The van der Waals surface area contributed by atoms with Crippen LogP contribution in [0.1, 0.15) is 20.3 Å². The number of carboxylic acids is 1. The van der Waals surface area contributed by atoms with Crippen LogP contribution in [0.2, 0.25) is 0 Å². The standard InChI is InChI=1S/C10H14O4S/c1-3-14-10(13)7-4-8(9(11)12)6(2)15-5-7/h7H,3-5H2,1-2H3,(H,11,12)/t7-/m0/s1. The number of rotatable bonds is 3. The molecule has 1 atom stereocenters. The summed E-state index contributed by atoms with van der Waals surface area (Å²) < 4.78 is 4.88. The van der Waals surface area contributed by atoms with Gasteiger partial charge in [0.05, 0.1) is 12.5 Å². The number of carbonyl (C=O) groups is 2. The number of carbonyl (C=O) groups excluding carboxylic acids is 1. The van der Waals surface area contributed by atoms with Gasteiger partial charge in [-0.15, -0.1) is 11.8 Å². The summed E-state index contributed by atoms with van der Waals surface area (Å²) in [6, 6.07) is 0. The first kappa shape index (κ1) is 12.1. The molecule has 4 nitrogen and oxygen atoms in total. The normalized spacial score (nSPS) is 21.3. The maximum Gasteiger partial charge on any atom is 0.332 e. The molecule has 0 radical (unpaired) electrons. The second kappa shape index (κ2) is 5.21. The molecule has 0 fully saturated rings. The van der Waals surface area contributed by atoms with Crippen molar-refractivity contribution >= 4 is 23.7 Å². The van der Waals surface area contributed by atoms with E-state index in [0.29, 0.717) is 17.9 Å². The predicted molar refractivity (Wildman–Crippen MR) is 57.5 cm³/mol. The minimum absolute atomic E-state index is 0.285. The van der Waals surface area contributed by atoms with E-state index in [1.165, 1.54) is 11.8 Å². The quantitative estimate of drug-likeness (QED) is 0.747. The molecule has 1 rings (SSSR count). The van der Waals surface area contributed by atoms with E-state index in [0.717, 1.165) is 4.91 Å². The van der Waals surface area contributed by atoms with Crippen molar-refractivity contribution in [3.05, 3.63) is 10.5 Å². The molecule has 0 saturated heterocycles. The summed E-state index contributed by atoms with van der Waals surface area (Å²) in [4.78, 5) is 23.1. The Balaban J connectivity index is 2.70. The maximum absolute atomic E-state index is 11.4. The molecule has 0 amide bonds. The van der Waals surface area contributed by atoms with Crippen LogP contribution in [0.25, 0.3) is 0 Å². The molecule has 84 valence electrons. The van der Waals surface area contributed by atoms with Crippen molar-refractivity contribution in [1.29, 1.82) is 0 Å². The van der Waals surface area contributed by atoms with Crippen molar-refractivity contribution in [1.82, 2.24) is 0 Å². The fraction of sp³-hybridized carbons (Fsp3) is 0.600. The van der Waals surface area contributed by atoms with Crippen LogP contribution in [0.4, 0.5) is 0 Å². The van der Waals surface area contributed by atoms with Crippen molar-refractivity contribution in [2.24, 2.45) is 5.92 Å². The smallest absolute Gasteiger partial charge is 0.332 e. The number of hydrogen-bond acceptors (Lipinski definition) is 4. The first-order valence-electron chi connectivity index (χ1n) is 4.78. The molecule has 0 aliphatic carbocycles. The molecule has 1 N–H and O–H groups in total. The fourth-order valence-corrected chi connectivity index (χ4v) is 2.46. The monoisotopic (exact) mass is 230 g/mol. The Kier molecular flexibility index (Phi) is 4.20. The van der Waals surface area contributed by atoms with E-state index in [1.54, 1.807) is 13.8 Å². The highest BCUT2D eigenvalue weighted by Crippen LogP contribution is 2.33.